The van der Waals surface area contributed by atoms with Gasteiger partial charge in [-0.2, -0.15) is 9.97 Å². The number of nitrogens with zero attached hydrogens (tertiary/aromatic N) is 4. The van der Waals surface area contributed by atoms with Crippen LogP contribution in [0.25, 0.3) is 0 Å². The Hall–Kier alpha value is -1.63. The van der Waals surface area contributed by atoms with Crippen LogP contribution in [0.1, 0.15) is 46.5 Å². The second-order valence-electron chi connectivity index (χ2n) is 7.79. The van der Waals surface area contributed by atoms with Crippen molar-refractivity contribution in [2.75, 3.05) is 47.8 Å². The van der Waals surface area contributed by atoms with Gasteiger partial charge in [0.25, 0.3) is 0 Å². The lowest BCUT2D eigenvalue weighted by atomic mass is 9.92. The van der Waals surface area contributed by atoms with E-state index < -0.39 is 0 Å². The van der Waals surface area contributed by atoms with E-state index in [1.54, 1.807) is 0 Å². The first-order valence-corrected chi connectivity index (χ1v) is 10.4. The predicted octanol–water partition coefficient (Wildman–Crippen LogP) is 3.26. The maximum atomic E-state index is 5.34. The van der Waals surface area contributed by atoms with Gasteiger partial charge in [0.05, 0.1) is 0 Å². The summed E-state index contributed by atoms with van der Waals surface area (Å²) < 4.78 is 0. The van der Waals surface area contributed by atoms with Gasteiger partial charge >= 0.3 is 0 Å². The summed E-state index contributed by atoms with van der Waals surface area (Å²) >= 11 is 5.34. The third-order valence-electron chi connectivity index (χ3n) is 5.13. The first kappa shape index (κ1) is 19.1. The van der Waals surface area contributed by atoms with E-state index in [4.69, 9.17) is 22.2 Å². The Morgan fingerprint density at radius 1 is 1.08 bits per heavy atom. The van der Waals surface area contributed by atoms with E-state index in [1.165, 1.54) is 25.7 Å². The largest absolute Gasteiger partial charge is 0.363 e. The second-order valence-corrected chi connectivity index (χ2v) is 8.20. The van der Waals surface area contributed by atoms with Crippen molar-refractivity contribution >= 4 is 34.9 Å². The number of hydrogen-bond acceptors (Lipinski definition) is 5. The number of rotatable bonds is 4. The van der Waals surface area contributed by atoms with Crippen LogP contribution in [0.3, 0.4) is 0 Å². The Balaban J connectivity index is 1.87. The minimum atomic E-state index is 0.578. The highest BCUT2D eigenvalue weighted by Gasteiger charge is 2.24. The van der Waals surface area contributed by atoms with Crippen molar-refractivity contribution in [2.24, 2.45) is 11.8 Å². The quantitative estimate of drug-likeness (QED) is 0.782. The molecule has 0 amide bonds. The molecule has 0 spiro atoms. The van der Waals surface area contributed by atoms with Crippen molar-refractivity contribution in [3.8, 4) is 0 Å². The molecule has 2 atom stereocenters. The first-order chi connectivity index (χ1) is 12.5. The summed E-state index contributed by atoms with van der Waals surface area (Å²) in [5.41, 5.74) is 0. The lowest BCUT2D eigenvalue weighted by molar-refractivity contribution is 0.355. The highest BCUT2D eigenvalue weighted by atomic mass is 32.1. The number of piperidine rings is 2. The molecule has 26 heavy (non-hydrogen) atoms. The molecule has 1 aromatic rings. The molecular formula is C19H32N6S. The number of nitrogens with one attached hydrogen (secondary N) is 2. The van der Waals surface area contributed by atoms with Crippen molar-refractivity contribution in [1.29, 1.82) is 0 Å². The molecule has 0 aromatic carbocycles. The van der Waals surface area contributed by atoms with Gasteiger partial charge in [0, 0.05) is 38.8 Å². The maximum absolute atomic E-state index is 5.34. The third kappa shape index (κ3) is 4.96. The minimum absolute atomic E-state index is 0.578. The van der Waals surface area contributed by atoms with Crippen LogP contribution in [0.4, 0.5) is 17.6 Å². The van der Waals surface area contributed by atoms with E-state index in [0.717, 1.165) is 44.4 Å². The average molecular weight is 377 g/mol. The summed E-state index contributed by atoms with van der Waals surface area (Å²) in [5, 5.41) is 6.87. The SMILES string of the molecule is CCNC(=S)Nc1nc(N2CCCCC2)cc(N2C[C@@H](C)C[C@H](C)C2)n1. The molecule has 2 saturated heterocycles. The maximum Gasteiger partial charge on any atom is 0.232 e. The van der Waals surface area contributed by atoms with Crippen LogP contribution in [-0.2, 0) is 0 Å². The fourth-order valence-electron chi connectivity index (χ4n) is 4.08. The lowest BCUT2D eigenvalue weighted by Crippen LogP contribution is -2.40. The fourth-order valence-corrected chi connectivity index (χ4v) is 4.32. The molecule has 2 aliphatic heterocycles. The highest BCUT2D eigenvalue weighted by molar-refractivity contribution is 7.80. The van der Waals surface area contributed by atoms with Crippen molar-refractivity contribution in [2.45, 2.75) is 46.5 Å². The van der Waals surface area contributed by atoms with Gasteiger partial charge in [0.15, 0.2) is 5.11 Å². The Bertz CT molecular complexity index is 606. The van der Waals surface area contributed by atoms with Crippen molar-refractivity contribution in [1.82, 2.24) is 15.3 Å². The van der Waals surface area contributed by atoms with Gasteiger partial charge in [-0.15, -0.1) is 0 Å². The average Bonchev–Trinajstić information content (AvgIpc) is 2.61. The van der Waals surface area contributed by atoms with Gasteiger partial charge in [-0.1, -0.05) is 13.8 Å². The van der Waals surface area contributed by atoms with E-state index in [9.17, 15) is 0 Å². The topological polar surface area (TPSA) is 56.3 Å². The molecule has 0 radical (unpaired) electrons. The summed E-state index contributed by atoms with van der Waals surface area (Å²) in [5.74, 6) is 4.00. The number of anilines is 3. The van der Waals surface area contributed by atoms with E-state index in [2.05, 4.69) is 40.3 Å². The van der Waals surface area contributed by atoms with Crippen LogP contribution in [0.5, 0.6) is 0 Å². The zero-order chi connectivity index (χ0) is 18.5. The van der Waals surface area contributed by atoms with Crippen molar-refractivity contribution < 1.29 is 0 Å². The van der Waals surface area contributed by atoms with Crippen LogP contribution in [0, 0.1) is 11.8 Å². The van der Waals surface area contributed by atoms with Crippen molar-refractivity contribution in [3.63, 3.8) is 0 Å². The molecule has 2 aliphatic rings. The Kier molecular flexibility index (Phi) is 6.51. The number of hydrogen-bond donors (Lipinski definition) is 2. The van der Waals surface area contributed by atoms with Crippen LogP contribution < -0.4 is 20.4 Å². The van der Waals surface area contributed by atoms with Crippen molar-refractivity contribution in [3.05, 3.63) is 6.07 Å². The molecular weight excluding hydrogens is 344 g/mol. The van der Waals surface area contributed by atoms with E-state index in [-0.39, 0.29) is 0 Å². The van der Waals surface area contributed by atoms with Crippen LogP contribution >= 0.6 is 12.2 Å². The second kappa shape index (κ2) is 8.84. The van der Waals surface area contributed by atoms with Gasteiger partial charge in [-0.25, -0.2) is 0 Å². The Labute approximate surface area is 162 Å². The standard InChI is InChI=1S/C19H32N6S/c1-4-20-19(26)23-18-21-16(24-8-6-5-7-9-24)11-17(22-18)25-12-14(2)10-15(3)13-25/h11,14-15H,4-10,12-13H2,1-3H3,(H2,20,21,22,23,26)/t14-,15-/m0/s1. The summed E-state index contributed by atoms with van der Waals surface area (Å²) in [4.78, 5) is 14.3. The molecule has 144 valence electrons. The summed E-state index contributed by atoms with van der Waals surface area (Å²) in [6, 6.07) is 2.16. The molecule has 0 saturated carbocycles. The van der Waals surface area contributed by atoms with Gasteiger partial charge in [-0.3, -0.25) is 0 Å². The zero-order valence-electron chi connectivity index (χ0n) is 16.3. The first-order valence-electron chi connectivity index (χ1n) is 9.99. The summed E-state index contributed by atoms with van der Waals surface area (Å²) in [6.07, 6.45) is 5.06. The van der Waals surface area contributed by atoms with E-state index >= 15 is 0 Å². The lowest BCUT2D eigenvalue weighted by Gasteiger charge is -2.36. The molecule has 3 heterocycles. The molecule has 0 unspecified atom stereocenters. The van der Waals surface area contributed by atoms with Crippen LogP contribution in [0.15, 0.2) is 6.07 Å². The Morgan fingerprint density at radius 2 is 1.69 bits per heavy atom. The van der Waals surface area contributed by atoms with Crippen LogP contribution in [-0.4, -0.2) is 47.8 Å². The molecule has 2 fully saturated rings. The number of aromatic nitrogens is 2. The van der Waals surface area contributed by atoms with Gasteiger partial charge in [-0.05, 0) is 56.7 Å². The molecule has 0 aliphatic carbocycles. The molecule has 6 nitrogen and oxygen atoms in total. The highest BCUT2D eigenvalue weighted by Crippen LogP contribution is 2.29. The third-order valence-corrected chi connectivity index (χ3v) is 5.38. The summed E-state index contributed by atoms with van der Waals surface area (Å²) in [6.45, 7) is 11.7. The molecule has 2 N–H and O–H groups in total. The minimum Gasteiger partial charge on any atom is -0.363 e. The molecule has 1 aromatic heterocycles. The fraction of sp³-hybridized carbons (Fsp3) is 0.737. The van der Waals surface area contributed by atoms with E-state index in [1.807, 2.05) is 6.92 Å². The zero-order valence-corrected chi connectivity index (χ0v) is 17.1. The van der Waals surface area contributed by atoms with E-state index in [0.29, 0.717) is 22.9 Å². The van der Waals surface area contributed by atoms with Gasteiger partial charge in [0.2, 0.25) is 5.95 Å². The normalized spacial score (nSPS) is 23.7. The van der Waals surface area contributed by atoms with Crippen LogP contribution in [0.2, 0.25) is 0 Å². The Morgan fingerprint density at radius 3 is 2.31 bits per heavy atom. The molecule has 7 heteroatoms. The monoisotopic (exact) mass is 376 g/mol. The smallest absolute Gasteiger partial charge is 0.232 e. The predicted molar refractivity (Wildman–Crippen MR) is 113 cm³/mol. The number of thiocarbonyl (C=S) groups is 1. The molecule has 3 rings (SSSR count). The summed E-state index contributed by atoms with van der Waals surface area (Å²) in [7, 11) is 0. The van der Waals surface area contributed by atoms with Gasteiger partial charge in [0.1, 0.15) is 11.6 Å². The van der Waals surface area contributed by atoms with Gasteiger partial charge < -0.3 is 20.4 Å². The molecule has 0 bridgehead atoms.